The van der Waals surface area contributed by atoms with E-state index in [-0.39, 0.29) is 4.90 Å². The number of benzene rings is 2. The number of aromatic nitrogens is 2. The first kappa shape index (κ1) is 20.8. The van der Waals surface area contributed by atoms with Gasteiger partial charge in [-0.15, -0.1) is 0 Å². The van der Waals surface area contributed by atoms with Crippen LogP contribution in [0.2, 0.25) is 0 Å². The monoisotopic (exact) mass is 453 g/mol. The Morgan fingerprint density at radius 2 is 1.84 bits per heavy atom. The van der Waals surface area contributed by atoms with Crippen molar-refractivity contribution < 1.29 is 13.2 Å². The maximum absolute atomic E-state index is 12.0. The second kappa shape index (κ2) is 8.72. The predicted octanol–water partition coefficient (Wildman–Crippen LogP) is 4.23. The Labute approximate surface area is 183 Å². The first-order chi connectivity index (χ1) is 14.9. The van der Waals surface area contributed by atoms with Gasteiger partial charge in [-0.05, 0) is 31.3 Å². The highest BCUT2D eigenvalue weighted by Gasteiger charge is 2.15. The van der Waals surface area contributed by atoms with Gasteiger partial charge in [0.2, 0.25) is 15.1 Å². The SMILES string of the molecule is CNS(=O)(=O)c1cccc(Nc2cc(Oc3sc(N)nc3-c3ccccc3)ccn2)c1. The van der Waals surface area contributed by atoms with Gasteiger partial charge < -0.3 is 15.8 Å². The summed E-state index contributed by atoms with van der Waals surface area (Å²) < 4.78 is 32.4. The number of anilines is 3. The lowest BCUT2D eigenvalue weighted by Gasteiger charge is -2.10. The molecular weight excluding hydrogens is 434 g/mol. The molecule has 2 heterocycles. The van der Waals surface area contributed by atoms with Crippen molar-refractivity contribution in [2.75, 3.05) is 18.1 Å². The number of thiazole rings is 1. The summed E-state index contributed by atoms with van der Waals surface area (Å²) >= 11 is 1.25. The molecule has 0 fully saturated rings. The van der Waals surface area contributed by atoms with Gasteiger partial charge in [0.25, 0.3) is 0 Å². The molecule has 4 N–H and O–H groups in total. The van der Waals surface area contributed by atoms with Gasteiger partial charge in [0, 0.05) is 23.5 Å². The molecule has 0 aliphatic rings. The maximum atomic E-state index is 12.0. The molecule has 0 saturated carbocycles. The zero-order valence-corrected chi connectivity index (χ0v) is 18.1. The number of nitrogen functional groups attached to an aromatic ring is 1. The number of ether oxygens (including phenoxy) is 1. The maximum Gasteiger partial charge on any atom is 0.240 e. The number of hydrogen-bond acceptors (Lipinski definition) is 8. The average molecular weight is 454 g/mol. The standard InChI is InChI=1S/C21H19N5O3S2/c1-23-31(27,28)17-9-5-8-15(12-17)25-18-13-16(10-11-24-18)29-20-19(26-21(22)30-20)14-6-3-2-4-7-14/h2-13,23H,1H3,(H2,22,26)(H,24,25). The van der Waals surface area contributed by atoms with Crippen molar-refractivity contribution in [3.63, 3.8) is 0 Å². The second-order valence-corrected chi connectivity index (χ2v) is 9.27. The number of rotatable bonds is 7. The van der Waals surface area contributed by atoms with Crippen molar-refractivity contribution in [2.45, 2.75) is 4.90 Å². The van der Waals surface area contributed by atoms with E-state index in [9.17, 15) is 8.42 Å². The smallest absolute Gasteiger partial charge is 0.240 e. The molecule has 4 aromatic rings. The third-order valence-corrected chi connectivity index (χ3v) is 6.46. The normalized spacial score (nSPS) is 11.3. The van der Waals surface area contributed by atoms with Crippen LogP contribution in [0, 0.1) is 0 Å². The number of nitrogens with two attached hydrogens (primary N) is 1. The number of pyridine rings is 1. The van der Waals surface area contributed by atoms with Crippen LogP contribution < -0.4 is 20.5 Å². The van der Waals surface area contributed by atoms with Crippen LogP contribution in [0.1, 0.15) is 0 Å². The summed E-state index contributed by atoms with van der Waals surface area (Å²) in [6.45, 7) is 0. The lowest BCUT2D eigenvalue weighted by Crippen LogP contribution is -2.18. The second-order valence-electron chi connectivity index (χ2n) is 6.39. The first-order valence-corrected chi connectivity index (χ1v) is 11.5. The molecule has 0 unspecified atom stereocenters. The van der Waals surface area contributed by atoms with Crippen molar-refractivity contribution in [1.82, 2.24) is 14.7 Å². The molecule has 10 heteroatoms. The largest absolute Gasteiger partial charge is 0.444 e. The van der Waals surface area contributed by atoms with E-state index >= 15 is 0 Å². The minimum absolute atomic E-state index is 0.153. The lowest BCUT2D eigenvalue weighted by atomic mass is 10.2. The fourth-order valence-electron chi connectivity index (χ4n) is 2.83. The number of nitrogens with one attached hydrogen (secondary N) is 2. The summed E-state index contributed by atoms with van der Waals surface area (Å²) in [6.07, 6.45) is 1.60. The molecule has 2 aromatic carbocycles. The van der Waals surface area contributed by atoms with E-state index < -0.39 is 10.0 Å². The molecule has 31 heavy (non-hydrogen) atoms. The third-order valence-electron chi connectivity index (χ3n) is 4.29. The van der Waals surface area contributed by atoms with Crippen LogP contribution in [0.4, 0.5) is 16.6 Å². The highest BCUT2D eigenvalue weighted by atomic mass is 32.2. The quantitative estimate of drug-likeness (QED) is 0.383. The van der Waals surface area contributed by atoms with Crippen LogP contribution in [-0.4, -0.2) is 25.4 Å². The highest BCUT2D eigenvalue weighted by molar-refractivity contribution is 7.89. The molecule has 0 aliphatic carbocycles. The van der Waals surface area contributed by atoms with Crippen LogP contribution in [0.5, 0.6) is 10.8 Å². The van der Waals surface area contributed by atoms with Crippen LogP contribution in [0.15, 0.2) is 77.8 Å². The molecule has 8 nitrogen and oxygen atoms in total. The Hall–Kier alpha value is -3.47. The molecule has 4 rings (SSSR count). The number of hydrogen-bond donors (Lipinski definition) is 3. The third kappa shape index (κ3) is 4.82. The van der Waals surface area contributed by atoms with Crippen molar-refractivity contribution >= 4 is 38.0 Å². The molecule has 0 bridgehead atoms. The minimum Gasteiger partial charge on any atom is -0.444 e. The Kier molecular flexibility index (Phi) is 5.85. The van der Waals surface area contributed by atoms with Gasteiger partial charge >= 0.3 is 0 Å². The minimum atomic E-state index is -3.54. The van der Waals surface area contributed by atoms with Crippen LogP contribution in [0.3, 0.4) is 0 Å². The van der Waals surface area contributed by atoms with E-state index in [1.54, 1.807) is 30.5 Å². The number of sulfonamides is 1. The van der Waals surface area contributed by atoms with Gasteiger partial charge in [-0.25, -0.2) is 23.1 Å². The number of nitrogens with zero attached hydrogens (tertiary/aromatic N) is 2. The van der Waals surface area contributed by atoms with E-state index in [1.165, 1.54) is 30.5 Å². The van der Waals surface area contributed by atoms with Gasteiger partial charge in [-0.3, -0.25) is 0 Å². The molecule has 0 aliphatic heterocycles. The predicted molar refractivity (Wildman–Crippen MR) is 122 cm³/mol. The Bertz CT molecular complexity index is 1310. The molecule has 158 valence electrons. The van der Waals surface area contributed by atoms with Gasteiger partial charge in [-0.2, -0.15) is 0 Å². The summed E-state index contributed by atoms with van der Waals surface area (Å²) in [5.41, 5.74) is 8.06. The molecule has 0 radical (unpaired) electrons. The Morgan fingerprint density at radius 3 is 2.61 bits per heavy atom. The zero-order valence-electron chi connectivity index (χ0n) is 16.4. The van der Waals surface area contributed by atoms with Crippen LogP contribution in [0.25, 0.3) is 11.3 Å². The van der Waals surface area contributed by atoms with E-state index in [0.717, 1.165) is 5.56 Å². The fourth-order valence-corrected chi connectivity index (χ4v) is 4.33. The van der Waals surface area contributed by atoms with E-state index in [1.807, 2.05) is 30.3 Å². The van der Waals surface area contributed by atoms with E-state index in [0.29, 0.717) is 33.1 Å². The Balaban J connectivity index is 1.58. The average Bonchev–Trinajstić information content (AvgIpc) is 3.14. The molecule has 2 aromatic heterocycles. The van der Waals surface area contributed by atoms with Gasteiger partial charge in [0.15, 0.2) is 5.13 Å². The van der Waals surface area contributed by atoms with Crippen molar-refractivity contribution in [3.8, 4) is 22.1 Å². The molecular formula is C21H19N5O3S2. The highest BCUT2D eigenvalue weighted by Crippen LogP contribution is 2.39. The van der Waals surface area contributed by atoms with Crippen LogP contribution in [-0.2, 0) is 10.0 Å². The van der Waals surface area contributed by atoms with Crippen molar-refractivity contribution in [1.29, 1.82) is 0 Å². The van der Waals surface area contributed by atoms with Crippen LogP contribution >= 0.6 is 11.3 Å². The summed E-state index contributed by atoms with van der Waals surface area (Å²) in [7, 11) is -2.17. The van der Waals surface area contributed by atoms with Gasteiger partial charge in [0.05, 0.1) is 4.90 Å². The molecule has 0 spiro atoms. The topological polar surface area (TPSA) is 119 Å². The van der Waals surface area contributed by atoms with Crippen molar-refractivity contribution in [2.24, 2.45) is 0 Å². The molecule has 0 atom stereocenters. The van der Waals surface area contributed by atoms with E-state index in [4.69, 9.17) is 10.5 Å². The fraction of sp³-hybridized carbons (Fsp3) is 0.0476. The summed E-state index contributed by atoms with van der Waals surface area (Å²) in [5.74, 6) is 1.03. The van der Waals surface area contributed by atoms with E-state index in [2.05, 4.69) is 20.0 Å². The van der Waals surface area contributed by atoms with Gasteiger partial charge in [-0.1, -0.05) is 47.7 Å². The molecule has 0 amide bonds. The first-order valence-electron chi connectivity index (χ1n) is 9.21. The Morgan fingerprint density at radius 1 is 1.03 bits per heavy atom. The summed E-state index contributed by atoms with van der Waals surface area (Å²) in [4.78, 5) is 8.82. The summed E-state index contributed by atoms with van der Waals surface area (Å²) in [5, 5.41) is 4.08. The van der Waals surface area contributed by atoms with Gasteiger partial charge in [0.1, 0.15) is 17.3 Å². The zero-order chi connectivity index (χ0) is 21.8. The van der Waals surface area contributed by atoms with Crippen molar-refractivity contribution in [3.05, 3.63) is 72.9 Å². The lowest BCUT2D eigenvalue weighted by molar-refractivity contribution is 0.496. The molecule has 0 saturated heterocycles. The summed E-state index contributed by atoms with van der Waals surface area (Å²) in [6, 6.07) is 19.5.